The third kappa shape index (κ3) is 3.45. The maximum absolute atomic E-state index is 11.8. The van der Waals surface area contributed by atoms with Crippen molar-refractivity contribution in [3.63, 3.8) is 0 Å². The normalized spacial score (nSPS) is 10.8. The average Bonchev–Trinajstić information content (AvgIpc) is 3.10. The van der Waals surface area contributed by atoms with Crippen molar-refractivity contribution in [2.45, 2.75) is 6.92 Å². The number of H-pyrrole nitrogens is 1. The molecule has 0 aliphatic rings. The zero-order valence-electron chi connectivity index (χ0n) is 15.2. The second kappa shape index (κ2) is 7.31. The average molecular weight is 375 g/mol. The van der Waals surface area contributed by atoms with Gasteiger partial charge in [-0.15, -0.1) is 0 Å². The Bertz CT molecular complexity index is 1120. The van der Waals surface area contributed by atoms with Gasteiger partial charge in [0.25, 0.3) is 0 Å². The van der Waals surface area contributed by atoms with E-state index in [2.05, 4.69) is 30.6 Å². The molecule has 0 spiro atoms. The quantitative estimate of drug-likeness (QED) is 0.406. The number of nitrogen functional groups attached to an aromatic ring is 1. The van der Waals surface area contributed by atoms with Crippen LogP contribution in [0, 0.1) is 0 Å². The Morgan fingerprint density at radius 1 is 1.14 bits per heavy atom. The molecule has 28 heavy (non-hydrogen) atoms. The summed E-state index contributed by atoms with van der Waals surface area (Å²) in [5.74, 6) is 0.585. The zero-order chi connectivity index (χ0) is 19.5. The Balaban J connectivity index is 1.86. The molecule has 0 unspecified atom stereocenters. The van der Waals surface area contributed by atoms with Crippen LogP contribution in [0.25, 0.3) is 27.8 Å². The highest BCUT2D eigenvalue weighted by atomic mass is 16.2. The maximum Gasteiger partial charge on any atom is 0.321 e. The molecule has 1 aromatic carbocycles. The van der Waals surface area contributed by atoms with Crippen molar-refractivity contribution in [1.29, 1.82) is 0 Å². The number of pyridine rings is 1. The molecule has 2 amide bonds. The summed E-state index contributed by atoms with van der Waals surface area (Å²) in [7, 11) is 0. The highest BCUT2D eigenvalue weighted by Crippen LogP contribution is 2.27. The molecule has 4 rings (SSSR count). The Kier molecular flexibility index (Phi) is 4.55. The Labute approximate surface area is 160 Å². The fraction of sp³-hybridized carbons (Fsp3) is 0.105. The first-order valence-electron chi connectivity index (χ1n) is 8.77. The summed E-state index contributed by atoms with van der Waals surface area (Å²) < 4.78 is 1.96. The van der Waals surface area contributed by atoms with Crippen LogP contribution in [0.15, 0.2) is 55.1 Å². The number of anilines is 2. The van der Waals surface area contributed by atoms with Gasteiger partial charge in [-0.25, -0.2) is 19.7 Å². The lowest BCUT2D eigenvalue weighted by atomic mass is 10.1. The van der Waals surface area contributed by atoms with Gasteiger partial charge in [-0.3, -0.25) is 5.32 Å². The second-order valence-corrected chi connectivity index (χ2v) is 6.07. The number of imidazole rings is 1. The predicted octanol–water partition coefficient (Wildman–Crippen LogP) is 2.02. The molecule has 9 nitrogen and oxygen atoms in total. The standard InChI is InChI=1S/C19H18N8O/c1-2-21-19(28)26-18-24-14-8-12(13-10-22-17(20)23-11-13)9-15(16(14)25-18)27-6-4-3-5-7-27/h3-11H,2H2,1H3,(H4-,20,21,22,23,24,25,26,28)/p+1. The molecule has 0 aliphatic carbocycles. The van der Waals surface area contributed by atoms with E-state index in [9.17, 15) is 4.79 Å². The molecule has 0 radical (unpaired) electrons. The van der Waals surface area contributed by atoms with E-state index >= 15 is 0 Å². The molecular formula is C19H19N8O+. The molecule has 3 heterocycles. The number of aromatic amines is 1. The van der Waals surface area contributed by atoms with Crippen molar-refractivity contribution < 1.29 is 9.36 Å². The van der Waals surface area contributed by atoms with Gasteiger partial charge in [-0.1, -0.05) is 6.07 Å². The minimum Gasteiger partial charge on any atom is -0.368 e. The van der Waals surface area contributed by atoms with Crippen LogP contribution in [-0.4, -0.2) is 32.5 Å². The van der Waals surface area contributed by atoms with Crippen LogP contribution >= 0.6 is 0 Å². The summed E-state index contributed by atoms with van der Waals surface area (Å²) in [4.78, 5) is 27.7. The monoisotopic (exact) mass is 375 g/mol. The number of amides is 2. The van der Waals surface area contributed by atoms with E-state index in [1.165, 1.54) is 0 Å². The van der Waals surface area contributed by atoms with E-state index in [1.54, 1.807) is 12.4 Å². The van der Waals surface area contributed by atoms with Crippen LogP contribution < -0.4 is 20.9 Å². The molecule has 0 atom stereocenters. The molecule has 4 aromatic rings. The first-order chi connectivity index (χ1) is 13.6. The van der Waals surface area contributed by atoms with Crippen molar-refractivity contribution >= 4 is 29.0 Å². The van der Waals surface area contributed by atoms with Crippen LogP contribution in [0.3, 0.4) is 0 Å². The number of carbonyl (C=O) groups is 1. The first kappa shape index (κ1) is 17.4. The highest BCUT2D eigenvalue weighted by molar-refractivity contribution is 5.93. The van der Waals surface area contributed by atoms with E-state index < -0.39 is 0 Å². The van der Waals surface area contributed by atoms with Crippen molar-refractivity contribution in [2.24, 2.45) is 0 Å². The summed E-state index contributed by atoms with van der Waals surface area (Å²) in [5, 5.41) is 5.39. The van der Waals surface area contributed by atoms with E-state index in [0.29, 0.717) is 12.5 Å². The first-order valence-corrected chi connectivity index (χ1v) is 8.77. The van der Waals surface area contributed by atoms with Gasteiger partial charge in [0.1, 0.15) is 0 Å². The highest BCUT2D eigenvalue weighted by Gasteiger charge is 2.18. The molecule has 0 fully saturated rings. The van der Waals surface area contributed by atoms with Crippen LogP contribution in [-0.2, 0) is 0 Å². The Hall–Kier alpha value is -4.01. The number of benzene rings is 1. The number of aromatic nitrogens is 5. The number of rotatable bonds is 4. The van der Waals surface area contributed by atoms with Crippen LogP contribution in [0.4, 0.5) is 16.7 Å². The van der Waals surface area contributed by atoms with Gasteiger partial charge in [-0.05, 0) is 18.6 Å². The minimum atomic E-state index is -0.317. The number of fused-ring (bicyclic) bond motifs is 1. The Morgan fingerprint density at radius 2 is 1.89 bits per heavy atom. The Morgan fingerprint density at radius 3 is 2.61 bits per heavy atom. The number of hydrogen-bond donors (Lipinski definition) is 4. The van der Waals surface area contributed by atoms with Gasteiger partial charge in [0.2, 0.25) is 17.6 Å². The lowest BCUT2D eigenvalue weighted by molar-refractivity contribution is -0.594. The van der Waals surface area contributed by atoms with Crippen LogP contribution in [0.5, 0.6) is 0 Å². The van der Waals surface area contributed by atoms with Crippen molar-refractivity contribution in [2.75, 3.05) is 17.6 Å². The van der Waals surface area contributed by atoms with Gasteiger partial charge in [0, 0.05) is 42.7 Å². The van der Waals surface area contributed by atoms with E-state index in [1.807, 2.05) is 54.2 Å². The van der Waals surface area contributed by atoms with Gasteiger partial charge in [0.05, 0.1) is 5.52 Å². The van der Waals surface area contributed by atoms with Gasteiger partial charge in [0.15, 0.2) is 17.9 Å². The maximum atomic E-state index is 11.8. The van der Waals surface area contributed by atoms with E-state index in [4.69, 9.17) is 5.73 Å². The predicted molar refractivity (Wildman–Crippen MR) is 106 cm³/mol. The molecule has 0 saturated carbocycles. The fourth-order valence-electron chi connectivity index (χ4n) is 2.88. The third-order valence-electron chi connectivity index (χ3n) is 4.13. The SMILES string of the molecule is CCNC(=O)Nc1nc2c(-[n+]3ccccc3)cc(-c3cnc(N)nc3)cc2[nH]1. The lowest BCUT2D eigenvalue weighted by Crippen LogP contribution is -2.29. The third-order valence-corrected chi connectivity index (χ3v) is 4.13. The topological polar surface area (TPSA) is 125 Å². The smallest absolute Gasteiger partial charge is 0.321 e. The molecular weight excluding hydrogens is 356 g/mol. The molecule has 9 heteroatoms. The summed E-state index contributed by atoms with van der Waals surface area (Å²) >= 11 is 0. The molecule has 0 bridgehead atoms. The summed E-state index contributed by atoms with van der Waals surface area (Å²) in [6.45, 7) is 2.38. The minimum absolute atomic E-state index is 0.220. The largest absolute Gasteiger partial charge is 0.368 e. The van der Waals surface area contributed by atoms with Crippen LogP contribution in [0.2, 0.25) is 0 Å². The number of carbonyl (C=O) groups excluding carboxylic acids is 1. The molecule has 0 saturated heterocycles. The molecule has 5 N–H and O–H groups in total. The number of hydrogen-bond acceptors (Lipinski definition) is 5. The summed E-state index contributed by atoms with van der Waals surface area (Å²) in [6, 6.07) is 9.43. The number of nitrogens with two attached hydrogens (primary N) is 1. The van der Waals surface area contributed by atoms with E-state index in [0.717, 1.165) is 27.8 Å². The van der Waals surface area contributed by atoms with Crippen molar-refractivity contribution in [1.82, 2.24) is 25.3 Å². The fourth-order valence-corrected chi connectivity index (χ4v) is 2.88. The second-order valence-electron chi connectivity index (χ2n) is 6.07. The van der Waals surface area contributed by atoms with E-state index in [-0.39, 0.29) is 12.0 Å². The number of nitrogens with one attached hydrogen (secondary N) is 3. The van der Waals surface area contributed by atoms with Gasteiger partial charge < -0.3 is 16.0 Å². The van der Waals surface area contributed by atoms with Crippen LogP contribution in [0.1, 0.15) is 6.92 Å². The molecule has 0 aliphatic heterocycles. The number of urea groups is 1. The molecule has 140 valence electrons. The number of nitrogens with zero attached hydrogens (tertiary/aromatic N) is 4. The van der Waals surface area contributed by atoms with Gasteiger partial charge in [-0.2, -0.15) is 4.57 Å². The van der Waals surface area contributed by atoms with Crippen molar-refractivity contribution in [3.05, 3.63) is 55.1 Å². The van der Waals surface area contributed by atoms with Gasteiger partial charge >= 0.3 is 6.03 Å². The van der Waals surface area contributed by atoms with Crippen molar-refractivity contribution in [3.8, 4) is 16.8 Å². The summed E-state index contributed by atoms with van der Waals surface area (Å²) in [5.41, 5.74) is 9.67. The zero-order valence-corrected chi connectivity index (χ0v) is 15.2. The summed E-state index contributed by atoms with van der Waals surface area (Å²) in [6.07, 6.45) is 7.22. The molecule has 3 aromatic heterocycles. The lowest BCUT2D eigenvalue weighted by Gasteiger charge is -2.03.